The fourth-order valence-electron chi connectivity index (χ4n) is 1.39. The molecule has 1 rings (SSSR count). The van der Waals surface area contributed by atoms with Crippen LogP contribution in [0.1, 0.15) is 19.4 Å². The highest BCUT2D eigenvalue weighted by Gasteiger charge is 2.24. The number of hydrogen-bond acceptors (Lipinski definition) is 3. The van der Waals surface area contributed by atoms with Crippen LogP contribution in [0.4, 0.5) is 0 Å². The predicted octanol–water partition coefficient (Wildman–Crippen LogP) is 2.58. The number of benzene rings is 1. The second-order valence-electron chi connectivity index (χ2n) is 3.75. The van der Waals surface area contributed by atoms with E-state index in [0.29, 0.717) is 22.1 Å². The standard InChI is InChI=1S/C11H15ClO3/c1-11(2,13)8-5-7(12)6-9(14-3)10(8)15-4/h5-6,13H,1-4H3. The van der Waals surface area contributed by atoms with Gasteiger partial charge >= 0.3 is 0 Å². The maximum Gasteiger partial charge on any atom is 0.166 e. The lowest BCUT2D eigenvalue weighted by atomic mass is 9.97. The van der Waals surface area contributed by atoms with Crippen LogP contribution in [0, 0.1) is 0 Å². The van der Waals surface area contributed by atoms with E-state index in [0.717, 1.165) is 0 Å². The number of aliphatic hydroxyl groups is 1. The summed E-state index contributed by atoms with van der Waals surface area (Å²) in [5.74, 6) is 1.02. The fourth-order valence-corrected chi connectivity index (χ4v) is 1.59. The minimum Gasteiger partial charge on any atom is -0.493 e. The quantitative estimate of drug-likeness (QED) is 0.868. The largest absolute Gasteiger partial charge is 0.493 e. The summed E-state index contributed by atoms with van der Waals surface area (Å²) < 4.78 is 10.3. The summed E-state index contributed by atoms with van der Waals surface area (Å²) >= 11 is 5.92. The second kappa shape index (κ2) is 4.29. The Labute approximate surface area is 94.6 Å². The Morgan fingerprint density at radius 1 is 1.20 bits per heavy atom. The lowest BCUT2D eigenvalue weighted by molar-refractivity contribution is 0.0751. The summed E-state index contributed by atoms with van der Waals surface area (Å²) in [6.07, 6.45) is 0. The molecule has 0 bridgehead atoms. The molecule has 0 saturated heterocycles. The van der Waals surface area contributed by atoms with Gasteiger partial charge in [-0.3, -0.25) is 0 Å². The van der Waals surface area contributed by atoms with Gasteiger partial charge in [0.05, 0.1) is 19.8 Å². The van der Waals surface area contributed by atoms with Crippen LogP contribution in [-0.2, 0) is 5.60 Å². The van der Waals surface area contributed by atoms with Gasteiger partial charge in [0, 0.05) is 16.7 Å². The van der Waals surface area contributed by atoms with E-state index in [4.69, 9.17) is 21.1 Å². The van der Waals surface area contributed by atoms with Gasteiger partial charge in [-0.2, -0.15) is 0 Å². The van der Waals surface area contributed by atoms with E-state index in [-0.39, 0.29) is 0 Å². The van der Waals surface area contributed by atoms with E-state index in [2.05, 4.69) is 0 Å². The summed E-state index contributed by atoms with van der Waals surface area (Å²) in [5.41, 5.74) is -0.418. The van der Waals surface area contributed by atoms with Crippen LogP contribution in [0.2, 0.25) is 5.02 Å². The molecule has 1 aromatic carbocycles. The summed E-state index contributed by atoms with van der Waals surface area (Å²) in [4.78, 5) is 0. The first-order valence-corrected chi connectivity index (χ1v) is 4.92. The topological polar surface area (TPSA) is 38.7 Å². The van der Waals surface area contributed by atoms with E-state index in [1.807, 2.05) is 0 Å². The van der Waals surface area contributed by atoms with Gasteiger partial charge in [0.25, 0.3) is 0 Å². The zero-order valence-electron chi connectivity index (χ0n) is 9.30. The maximum absolute atomic E-state index is 9.95. The third-order valence-electron chi connectivity index (χ3n) is 2.10. The van der Waals surface area contributed by atoms with E-state index in [9.17, 15) is 5.11 Å². The third-order valence-corrected chi connectivity index (χ3v) is 2.32. The first-order valence-electron chi connectivity index (χ1n) is 4.54. The van der Waals surface area contributed by atoms with Crippen molar-refractivity contribution < 1.29 is 14.6 Å². The lowest BCUT2D eigenvalue weighted by Gasteiger charge is -2.22. The minimum absolute atomic E-state index is 0.504. The Balaban J connectivity index is 3.42. The van der Waals surface area contributed by atoms with Crippen molar-refractivity contribution in [2.45, 2.75) is 19.4 Å². The van der Waals surface area contributed by atoms with Crippen LogP contribution in [0.25, 0.3) is 0 Å². The Hall–Kier alpha value is -0.930. The molecule has 0 amide bonds. The fraction of sp³-hybridized carbons (Fsp3) is 0.455. The smallest absolute Gasteiger partial charge is 0.166 e. The normalized spacial score (nSPS) is 11.3. The van der Waals surface area contributed by atoms with Crippen LogP contribution in [0.15, 0.2) is 12.1 Å². The first kappa shape index (κ1) is 12.1. The SMILES string of the molecule is COc1cc(Cl)cc(C(C)(C)O)c1OC. The van der Waals surface area contributed by atoms with Crippen molar-refractivity contribution in [1.29, 1.82) is 0 Å². The summed E-state index contributed by atoms with van der Waals surface area (Å²) in [6, 6.07) is 3.32. The van der Waals surface area contributed by atoms with Gasteiger partial charge in [0.2, 0.25) is 0 Å². The van der Waals surface area contributed by atoms with Crippen LogP contribution >= 0.6 is 11.6 Å². The molecule has 0 radical (unpaired) electrons. The summed E-state index contributed by atoms with van der Waals surface area (Å²) in [7, 11) is 3.06. The van der Waals surface area contributed by atoms with E-state index in [1.165, 1.54) is 14.2 Å². The number of hydrogen-bond donors (Lipinski definition) is 1. The molecule has 3 nitrogen and oxygen atoms in total. The van der Waals surface area contributed by atoms with E-state index in [1.54, 1.807) is 26.0 Å². The highest BCUT2D eigenvalue weighted by Crippen LogP contribution is 2.39. The van der Waals surface area contributed by atoms with Crippen molar-refractivity contribution in [3.63, 3.8) is 0 Å². The maximum atomic E-state index is 9.95. The zero-order valence-corrected chi connectivity index (χ0v) is 10.1. The zero-order chi connectivity index (χ0) is 11.6. The molecule has 0 heterocycles. The van der Waals surface area contributed by atoms with Crippen molar-refractivity contribution in [2.24, 2.45) is 0 Å². The number of rotatable bonds is 3. The van der Waals surface area contributed by atoms with Gasteiger partial charge in [-0.05, 0) is 19.9 Å². The average molecular weight is 231 g/mol. The Morgan fingerprint density at radius 2 is 1.80 bits per heavy atom. The highest BCUT2D eigenvalue weighted by molar-refractivity contribution is 6.30. The molecular weight excluding hydrogens is 216 g/mol. The lowest BCUT2D eigenvalue weighted by Crippen LogP contribution is -2.17. The molecule has 1 N–H and O–H groups in total. The molecule has 0 spiro atoms. The predicted molar refractivity (Wildman–Crippen MR) is 59.8 cm³/mol. The molecule has 0 aliphatic rings. The van der Waals surface area contributed by atoms with Gasteiger partial charge in [0.1, 0.15) is 0 Å². The van der Waals surface area contributed by atoms with Crippen molar-refractivity contribution in [3.05, 3.63) is 22.7 Å². The number of halogens is 1. The van der Waals surface area contributed by atoms with Crippen molar-refractivity contribution in [1.82, 2.24) is 0 Å². The molecule has 0 aliphatic heterocycles. The molecule has 4 heteroatoms. The summed E-state index contributed by atoms with van der Waals surface area (Å²) in [6.45, 7) is 3.33. The minimum atomic E-state index is -1.02. The highest BCUT2D eigenvalue weighted by atomic mass is 35.5. The van der Waals surface area contributed by atoms with Gasteiger partial charge < -0.3 is 14.6 Å². The molecular formula is C11H15ClO3. The molecule has 15 heavy (non-hydrogen) atoms. The molecule has 1 aromatic rings. The van der Waals surface area contributed by atoms with Crippen LogP contribution in [0.3, 0.4) is 0 Å². The molecule has 0 atom stereocenters. The van der Waals surface area contributed by atoms with E-state index >= 15 is 0 Å². The van der Waals surface area contributed by atoms with Crippen molar-refractivity contribution >= 4 is 11.6 Å². The van der Waals surface area contributed by atoms with Crippen LogP contribution < -0.4 is 9.47 Å². The van der Waals surface area contributed by atoms with Crippen molar-refractivity contribution in [3.8, 4) is 11.5 Å². The van der Waals surface area contributed by atoms with Crippen LogP contribution in [0.5, 0.6) is 11.5 Å². The Bertz CT molecular complexity index is 356. The average Bonchev–Trinajstić information content (AvgIpc) is 2.15. The van der Waals surface area contributed by atoms with E-state index < -0.39 is 5.60 Å². The molecule has 0 saturated carbocycles. The third kappa shape index (κ3) is 2.55. The van der Waals surface area contributed by atoms with Gasteiger partial charge in [-0.25, -0.2) is 0 Å². The Morgan fingerprint density at radius 3 is 2.20 bits per heavy atom. The Kier molecular flexibility index (Phi) is 3.47. The first-order chi connectivity index (χ1) is 6.90. The molecule has 84 valence electrons. The van der Waals surface area contributed by atoms with Gasteiger partial charge in [-0.15, -0.1) is 0 Å². The number of ether oxygens (including phenoxy) is 2. The number of methoxy groups -OCH3 is 2. The second-order valence-corrected chi connectivity index (χ2v) is 4.18. The molecule has 0 fully saturated rings. The van der Waals surface area contributed by atoms with Gasteiger partial charge in [-0.1, -0.05) is 11.6 Å². The molecule has 0 unspecified atom stereocenters. The van der Waals surface area contributed by atoms with Gasteiger partial charge in [0.15, 0.2) is 11.5 Å². The van der Waals surface area contributed by atoms with Crippen molar-refractivity contribution in [2.75, 3.05) is 14.2 Å². The molecule has 0 aromatic heterocycles. The van der Waals surface area contributed by atoms with Crippen LogP contribution in [-0.4, -0.2) is 19.3 Å². The summed E-state index contributed by atoms with van der Waals surface area (Å²) in [5, 5.41) is 10.5. The molecule has 0 aliphatic carbocycles. The monoisotopic (exact) mass is 230 g/mol.